The highest BCUT2D eigenvalue weighted by Gasteiger charge is 2.18. The number of hydrogen-bond donors (Lipinski definition) is 2. The molecular formula is C15H17BrN2O2S. The Labute approximate surface area is 133 Å². The number of benzene rings is 2. The van der Waals surface area contributed by atoms with Gasteiger partial charge in [-0.2, -0.15) is 0 Å². The topological polar surface area (TPSA) is 72.2 Å². The summed E-state index contributed by atoms with van der Waals surface area (Å²) in [5.74, 6) is 0. The van der Waals surface area contributed by atoms with E-state index in [-0.39, 0.29) is 4.90 Å². The Hall–Kier alpha value is -1.53. The molecule has 0 unspecified atom stereocenters. The number of rotatable bonds is 4. The fraction of sp³-hybridized carbons (Fsp3) is 0.200. The Morgan fingerprint density at radius 3 is 2.52 bits per heavy atom. The molecule has 0 bridgehead atoms. The van der Waals surface area contributed by atoms with Crippen molar-refractivity contribution >= 4 is 37.3 Å². The predicted molar refractivity (Wildman–Crippen MR) is 89.9 cm³/mol. The lowest BCUT2D eigenvalue weighted by molar-refractivity contribution is 0.600. The van der Waals surface area contributed by atoms with E-state index in [4.69, 9.17) is 5.73 Å². The zero-order chi connectivity index (χ0) is 15.6. The third kappa shape index (κ3) is 3.57. The van der Waals surface area contributed by atoms with E-state index < -0.39 is 10.0 Å². The minimum atomic E-state index is -3.66. The number of aryl methyl sites for hydroxylation is 2. The minimum Gasteiger partial charge on any atom is -0.399 e. The Kier molecular flexibility index (Phi) is 4.58. The maximum Gasteiger partial charge on any atom is 0.262 e. The Balaban J connectivity index is 2.42. The fourth-order valence-electron chi connectivity index (χ4n) is 1.98. The third-order valence-electron chi connectivity index (χ3n) is 3.19. The molecule has 0 aliphatic carbocycles. The predicted octanol–water partition coefficient (Wildman–Crippen LogP) is 3.70. The Morgan fingerprint density at radius 2 is 1.90 bits per heavy atom. The van der Waals surface area contributed by atoms with Gasteiger partial charge in [0.25, 0.3) is 10.0 Å². The van der Waals surface area contributed by atoms with E-state index in [9.17, 15) is 8.42 Å². The number of nitrogens with two attached hydrogens (primary N) is 1. The average molecular weight is 369 g/mol. The van der Waals surface area contributed by atoms with Crippen molar-refractivity contribution in [2.75, 3.05) is 10.5 Å². The van der Waals surface area contributed by atoms with Gasteiger partial charge in [0.15, 0.2) is 0 Å². The van der Waals surface area contributed by atoms with Gasteiger partial charge in [-0.15, -0.1) is 0 Å². The number of nitrogen functional groups attached to an aromatic ring is 1. The minimum absolute atomic E-state index is 0.224. The van der Waals surface area contributed by atoms with E-state index in [1.807, 2.05) is 19.9 Å². The van der Waals surface area contributed by atoms with Crippen LogP contribution in [0.15, 0.2) is 45.8 Å². The van der Waals surface area contributed by atoms with Crippen LogP contribution in [0.5, 0.6) is 0 Å². The van der Waals surface area contributed by atoms with E-state index in [1.54, 1.807) is 24.3 Å². The molecule has 4 nitrogen and oxygen atoms in total. The van der Waals surface area contributed by atoms with Crippen LogP contribution >= 0.6 is 15.9 Å². The van der Waals surface area contributed by atoms with Gasteiger partial charge in [0.05, 0.1) is 4.90 Å². The van der Waals surface area contributed by atoms with Gasteiger partial charge in [-0.1, -0.05) is 35.0 Å². The highest BCUT2D eigenvalue weighted by Crippen LogP contribution is 2.25. The summed E-state index contributed by atoms with van der Waals surface area (Å²) in [6.07, 6.45) is 0.619. The van der Waals surface area contributed by atoms with E-state index in [0.29, 0.717) is 17.8 Å². The highest BCUT2D eigenvalue weighted by atomic mass is 79.9. The second-order valence-electron chi connectivity index (χ2n) is 4.79. The molecule has 0 aromatic heterocycles. The smallest absolute Gasteiger partial charge is 0.262 e. The molecule has 2 aromatic rings. The molecule has 0 radical (unpaired) electrons. The lowest BCUT2D eigenvalue weighted by Crippen LogP contribution is -2.15. The molecule has 6 heteroatoms. The van der Waals surface area contributed by atoms with Crippen molar-refractivity contribution in [3.8, 4) is 0 Å². The first-order valence-corrected chi connectivity index (χ1v) is 8.78. The SMILES string of the molecule is CCc1ccc(N)cc1S(=O)(=O)Nc1ccc(C)c(Br)c1. The molecule has 0 amide bonds. The monoisotopic (exact) mass is 368 g/mol. The first-order chi connectivity index (χ1) is 9.83. The standard InChI is InChI=1S/C15H17BrN2O2S/c1-3-11-5-6-12(17)8-15(11)21(19,20)18-13-7-4-10(2)14(16)9-13/h4-9,18H,3,17H2,1-2H3. The van der Waals surface area contributed by atoms with Gasteiger partial charge in [0.2, 0.25) is 0 Å². The average Bonchev–Trinajstić information content (AvgIpc) is 2.42. The van der Waals surface area contributed by atoms with E-state index in [0.717, 1.165) is 15.6 Å². The van der Waals surface area contributed by atoms with Gasteiger partial charge in [-0.3, -0.25) is 4.72 Å². The van der Waals surface area contributed by atoms with Crippen LogP contribution < -0.4 is 10.5 Å². The summed E-state index contributed by atoms with van der Waals surface area (Å²) in [4.78, 5) is 0.224. The quantitative estimate of drug-likeness (QED) is 0.808. The van der Waals surface area contributed by atoms with E-state index >= 15 is 0 Å². The Morgan fingerprint density at radius 1 is 1.19 bits per heavy atom. The second kappa shape index (κ2) is 6.07. The van der Waals surface area contributed by atoms with Gasteiger partial charge in [-0.05, 0) is 48.7 Å². The van der Waals surface area contributed by atoms with Gasteiger partial charge >= 0.3 is 0 Å². The molecule has 2 aromatic carbocycles. The van der Waals surface area contributed by atoms with Gasteiger partial charge in [0, 0.05) is 15.8 Å². The van der Waals surface area contributed by atoms with Gasteiger partial charge < -0.3 is 5.73 Å². The molecule has 0 atom stereocenters. The maximum atomic E-state index is 12.5. The molecule has 2 rings (SSSR count). The lowest BCUT2D eigenvalue weighted by atomic mass is 10.1. The lowest BCUT2D eigenvalue weighted by Gasteiger charge is -2.13. The third-order valence-corrected chi connectivity index (χ3v) is 5.50. The molecule has 0 aliphatic rings. The molecule has 0 heterocycles. The van der Waals surface area contributed by atoms with Crippen LogP contribution in [-0.4, -0.2) is 8.42 Å². The Bertz CT molecular complexity index is 773. The van der Waals surface area contributed by atoms with Crippen molar-refractivity contribution in [3.05, 3.63) is 52.0 Å². The normalized spacial score (nSPS) is 11.4. The summed E-state index contributed by atoms with van der Waals surface area (Å²) in [6, 6.07) is 10.3. The molecule has 0 saturated carbocycles. The van der Waals surface area contributed by atoms with Crippen LogP contribution in [-0.2, 0) is 16.4 Å². The molecule has 0 spiro atoms. The molecular weight excluding hydrogens is 352 g/mol. The summed E-state index contributed by atoms with van der Waals surface area (Å²) < 4.78 is 28.5. The first kappa shape index (κ1) is 15.9. The van der Waals surface area contributed by atoms with Crippen LogP contribution in [0.4, 0.5) is 11.4 Å². The van der Waals surface area contributed by atoms with E-state index in [1.165, 1.54) is 6.07 Å². The number of nitrogens with one attached hydrogen (secondary N) is 1. The first-order valence-electron chi connectivity index (χ1n) is 6.51. The second-order valence-corrected chi connectivity index (χ2v) is 7.30. The summed E-state index contributed by atoms with van der Waals surface area (Å²) >= 11 is 3.39. The van der Waals surface area contributed by atoms with E-state index in [2.05, 4.69) is 20.7 Å². The van der Waals surface area contributed by atoms with Crippen LogP contribution in [0.3, 0.4) is 0 Å². The summed E-state index contributed by atoms with van der Waals surface area (Å²) in [5, 5.41) is 0. The molecule has 21 heavy (non-hydrogen) atoms. The molecule has 112 valence electrons. The van der Waals surface area contributed by atoms with Crippen molar-refractivity contribution in [2.45, 2.75) is 25.2 Å². The van der Waals surface area contributed by atoms with Gasteiger partial charge in [-0.25, -0.2) is 8.42 Å². The van der Waals surface area contributed by atoms with Crippen molar-refractivity contribution in [2.24, 2.45) is 0 Å². The number of hydrogen-bond acceptors (Lipinski definition) is 3. The largest absolute Gasteiger partial charge is 0.399 e. The highest BCUT2D eigenvalue weighted by molar-refractivity contribution is 9.10. The summed E-state index contributed by atoms with van der Waals surface area (Å²) in [5.41, 5.74) is 8.43. The summed E-state index contributed by atoms with van der Waals surface area (Å²) in [6.45, 7) is 3.85. The maximum absolute atomic E-state index is 12.5. The van der Waals surface area contributed by atoms with Crippen LogP contribution in [0.1, 0.15) is 18.1 Å². The van der Waals surface area contributed by atoms with Crippen LogP contribution in [0.2, 0.25) is 0 Å². The fourth-order valence-corrected chi connectivity index (χ4v) is 3.75. The number of halogens is 1. The van der Waals surface area contributed by atoms with Crippen molar-refractivity contribution in [3.63, 3.8) is 0 Å². The summed E-state index contributed by atoms with van der Waals surface area (Å²) in [7, 11) is -3.66. The zero-order valence-corrected chi connectivity index (χ0v) is 14.3. The number of sulfonamides is 1. The van der Waals surface area contributed by atoms with Crippen molar-refractivity contribution < 1.29 is 8.42 Å². The molecule has 3 N–H and O–H groups in total. The van der Waals surface area contributed by atoms with Crippen molar-refractivity contribution in [1.29, 1.82) is 0 Å². The zero-order valence-electron chi connectivity index (χ0n) is 11.9. The molecule has 0 aliphatic heterocycles. The van der Waals surface area contributed by atoms with Crippen LogP contribution in [0.25, 0.3) is 0 Å². The van der Waals surface area contributed by atoms with Crippen LogP contribution in [0, 0.1) is 6.92 Å². The number of anilines is 2. The molecule has 0 fully saturated rings. The van der Waals surface area contributed by atoms with Gasteiger partial charge in [0.1, 0.15) is 0 Å². The van der Waals surface area contributed by atoms with Crippen molar-refractivity contribution in [1.82, 2.24) is 0 Å². The molecule has 0 saturated heterocycles.